The number of rotatable bonds is 4. The summed E-state index contributed by atoms with van der Waals surface area (Å²) in [5.74, 6) is -0.904. The van der Waals surface area contributed by atoms with Gasteiger partial charge >= 0.3 is 5.97 Å². The van der Waals surface area contributed by atoms with Gasteiger partial charge in [-0.05, 0) is 13.0 Å². The Morgan fingerprint density at radius 1 is 1.61 bits per heavy atom. The number of aromatic carboxylic acids is 1. The summed E-state index contributed by atoms with van der Waals surface area (Å²) in [6.07, 6.45) is 0.539. The zero-order valence-electron chi connectivity index (χ0n) is 10.0. The highest BCUT2D eigenvalue weighted by Crippen LogP contribution is 2.18. The Bertz CT molecular complexity index is 458. The van der Waals surface area contributed by atoms with Crippen LogP contribution in [-0.4, -0.2) is 51.5 Å². The van der Waals surface area contributed by atoms with Crippen molar-refractivity contribution in [1.29, 1.82) is 0 Å². The summed E-state index contributed by atoms with van der Waals surface area (Å²) < 4.78 is 5.11. The molecule has 1 fully saturated rings. The van der Waals surface area contributed by atoms with E-state index in [-0.39, 0.29) is 24.8 Å². The normalized spacial score (nSPS) is 23.0. The maximum absolute atomic E-state index is 10.8. The molecule has 1 aliphatic rings. The van der Waals surface area contributed by atoms with E-state index in [1.807, 2.05) is 0 Å². The maximum atomic E-state index is 10.8. The largest absolute Gasteiger partial charge is 0.477 e. The van der Waals surface area contributed by atoms with E-state index in [1.165, 1.54) is 6.07 Å². The Morgan fingerprint density at radius 3 is 3.00 bits per heavy atom. The van der Waals surface area contributed by atoms with Crippen LogP contribution in [0, 0.1) is 6.92 Å². The van der Waals surface area contributed by atoms with Gasteiger partial charge < -0.3 is 20.3 Å². The van der Waals surface area contributed by atoms with Crippen LogP contribution in [-0.2, 0) is 4.74 Å². The summed E-state index contributed by atoms with van der Waals surface area (Å²) in [5.41, 5.74) is -0.449. The molecule has 1 aliphatic heterocycles. The number of nitrogens with zero attached hydrogens (tertiary/aromatic N) is 2. The van der Waals surface area contributed by atoms with E-state index >= 15 is 0 Å². The maximum Gasteiger partial charge on any atom is 0.354 e. The van der Waals surface area contributed by atoms with E-state index in [2.05, 4.69) is 15.3 Å². The lowest BCUT2D eigenvalue weighted by Crippen LogP contribution is -2.37. The molecule has 0 aliphatic carbocycles. The fourth-order valence-corrected chi connectivity index (χ4v) is 1.74. The molecule has 0 spiro atoms. The van der Waals surface area contributed by atoms with Crippen LogP contribution in [0.15, 0.2) is 6.07 Å². The van der Waals surface area contributed by atoms with Gasteiger partial charge in [0.2, 0.25) is 5.95 Å². The van der Waals surface area contributed by atoms with Crippen LogP contribution in [0.5, 0.6) is 0 Å². The number of nitrogens with one attached hydrogen (secondary N) is 1. The molecular weight excluding hydrogens is 238 g/mol. The minimum atomic E-state index is -1.11. The van der Waals surface area contributed by atoms with Gasteiger partial charge in [0.25, 0.3) is 0 Å². The Kier molecular flexibility index (Phi) is 3.44. The van der Waals surface area contributed by atoms with Crippen molar-refractivity contribution in [1.82, 2.24) is 9.97 Å². The number of ether oxygens (including phenoxy) is 1. The number of aryl methyl sites for hydroxylation is 1. The second-order valence-electron chi connectivity index (χ2n) is 4.40. The summed E-state index contributed by atoms with van der Waals surface area (Å²) in [6, 6.07) is 1.39. The highest BCUT2D eigenvalue weighted by atomic mass is 16.5. The van der Waals surface area contributed by atoms with Gasteiger partial charge in [0.15, 0.2) is 5.69 Å². The van der Waals surface area contributed by atoms with Crippen LogP contribution in [0.4, 0.5) is 5.95 Å². The van der Waals surface area contributed by atoms with E-state index in [9.17, 15) is 9.90 Å². The summed E-state index contributed by atoms with van der Waals surface area (Å²) in [6.45, 7) is 2.70. The van der Waals surface area contributed by atoms with Gasteiger partial charge in [0.05, 0.1) is 6.61 Å². The third-order valence-corrected chi connectivity index (χ3v) is 2.73. The van der Waals surface area contributed by atoms with Crippen LogP contribution in [0.2, 0.25) is 0 Å². The van der Waals surface area contributed by atoms with Crippen LogP contribution >= 0.6 is 0 Å². The number of hydrogen-bond acceptors (Lipinski definition) is 6. The number of aromatic nitrogens is 2. The molecule has 0 saturated carbocycles. The quantitative estimate of drug-likeness (QED) is 0.696. The standard InChI is InChI=1S/C11H15N3O4/c1-7-4-8(9(15)16)14-10(13-7)12-5-11(17)2-3-18-6-11/h4,17H,2-3,5-6H2,1H3,(H,15,16)(H,12,13,14). The van der Waals surface area contributed by atoms with E-state index < -0.39 is 11.6 Å². The highest BCUT2D eigenvalue weighted by Gasteiger charge is 2.32. The molecule has 1 atom stereocenters. The van der Waals surface area contributed by atoms with Gasteiger partial charge in [-0.2, -0.15) is 0 Å². The third kappa shape index (κ3) is 2.93. The average molecular weight is 253 g/mol. The van der Waals surface area contributed by atoms with E-state index in [0.717, 1.165) is 0 Å². The van der Waals surface area contributed by atoms with Gasteiger partial charge in [0, 0.05) is 25.3 Å². The zero-order valence-corrected chi connectivity index (χ0v) is 10.0. The fourth-order valence-electron chi connectivity index (χ4n) is 1.74. The van der Waals surface area contributed by atoms with Crippen molar-refractivity contribution in [2.75, 3.05) is 25.1 Å². The molecule has 1 saturated heterocycles. The number of aliphatic hydroxyl groups is 1. The first-order valence-corrected chi connectivity index (χ1v) is 5.61. The van der Waals surface area contributed by atoms with Crippen LogP contribution in [0.25, 0.3) is 0 Å². The van der Waals surface area contributed by atoms with E-state index in [0.29, 0.717) is 18.7 Å². The molecule has 98 valence electrons. The van der Waals surface area contributed by atoms with Crippen molar-refractivity contribution in [3.05, 3.63) is 17.5 Å². The predicted molar refractivity (Wildman–Crippen MR) is 62.6 cm³/mol. The van der Waals surface area contributed by atoms with Crippen molar-refractivity contribution < 1.29 is 19.7 Å². The molecule has 1 aromatic heterocycles. The number of anilines is 1. The summed E-state index contributed by atoms with van der Waals surface area (Å²) >= 11 is 0. The number of carbonyl (C=O) groups is 1. The zero-order chi connectivity index (χ0) is 13.2. The molecule has 3 N–H and O–H groups in total. The number of carboxylic acids is 1. The SMILES string of the molecule is Cc1cc(C(=O)O)nc(NCC2(O)CCOC2)n1. The van der Waals surface area contributed by atoms with Crippen molar-refractivity contribution >= 4 is 11.9 Å². The Morgan fingerprint density at radius 2 is 2.39 bits per heavy atom. The second kappa shape index (κ2) is 4.87. The monoisotopic (exact) mass is 253 g/mol. The van der Waals surface area contributed by atoms with E-state index in [4.69, 9.17) is 9.84 Å². The molecule has 7 nitrogen and oxygen atoms in total. The molecule has 2 heterocycles. The lowest BCUT2D eigenvalue weighted by molar-refractivity contribution is 0.0380. The molecule has 7 heteroatoms. The minimum absolute atomic E-state index is 0.0698. The predicted octanol–water partition coefficient (Wildman–Crippen LogP) is 0.0465. The summed E-state index contributed by atoms with van der Waals surface area (Å²) in [7, 11) is 0. The van der Waals surface area contributed by atoms with Crippen molar-refractivity contribution in [3.63, 3.8) is 0 Å². The average Bonchev–Trinajstić information content (AvgIpc) is 2.73. The summed E-state index contributed by atoms with van der Waals surface area (Å²) in [5, 5.41) is 21.8. The molecular formula is C11H15N3O4. The molecule has 2 rings (SSSR count). The van der Waals surface area contributed by atoms with Crippen molar-refractivity contribution in [3.8, 4) is 0 Å². The fraction of sp³-hybridized carbons (Fsp3) is 0.545. The molecule has 0 radical (unpaired) electrons. The summed E-state index contributed by atoms with van der Waals surface area (Å²) in [4.78, 5) is 18.8. The first kappa shape index (κ1) is 12.7. The molecule has 0 aromatic carbocycles. The van der Waals surface area contributed by atoms with Gasteiger partial charge in [-0.1, -0.05) is 0 Å². The molecule has 1 aromatic rings. The molecule has 1 unspecified atom stereocenters. The van der Waals surface area contributed by atoms with Crippen LogP contribution in [0.3, 0.4) is 0 Å². The number of carboxylic acid groups (broad SMARTS) is 1. The third-order valence-electron chi connectivity index (χ3n) is 2.73. The Balaban J connectivity index is 2.07. The van der Waals surface area contributed by atoms with Crippen molar-refractivity contribution in [2.24, 2.45) is 0 Å². The topological polar surface area (TPSA) is 105 Å². The molecule has 0 amide bonds. The Labute approximate surface area is 104 Å². The van der Waals surface area contributed by atoms with Crippen molar-refractivity contribution in [2.45, 2.75) is 18.9 Å². The molecule has 0 bridgehead atoms. The smallest absolute Gasteiger partial charge is 0.354 e. The first-order chi connectivity index (χ1) is 8.48. The van der Waals surface area contributed by atoms with Crippen LogP contribution in [0.1, 0.15) is 22.6 Å². The number of hydrogen-bond donors (Lipinski definition) is 3. The van der Waals surface area contributed by atoms with Gasteiger partial charge in [-0.15, -0.1) is 0 Å². The lowest BCUT2D eigenvalue weighted by Gasteiger charge is -2.20. The second-order valence-corrected chi connectivity index (χ2v) is 4.40. The van der Waals surface area contributed by atoms with Gasteiger partial charge in [-0.25, -0.2) is 14.8 Å². The van der Waals surface area contributed by atoms with Crippen LogP contribution < -0.4 is 5.32 Å². The lowest BCUT2D eigenvalue weighted by atomic mass is 10.0. The van der Waals surface area contributed by atoms with Gasteiger partial charge in [-0.3, -0.25) is 0 Å². The van der Waals surface area contributed by atoms with E-state index in [1.54, 1.807) is 6.92 Å². The highest BCUT2D eigenvalue weighted by molar-refractivity contribution is 5.85. The Hall–Kier alpha value is -1.73. The first-order valence-electron chi connectivity index (χ1n) is 5.61. The minimum Gasteiger partial charge on any atom is -0.477 e. The molecule has 18 heavy (non-hydrogen) atoms. The van der Waals surface area contributed by atoms with Gasteiger partial charge in [0.1, 0.15) is 5.60 Å².